The molecular formula is C17H23N5O3. The average molecular weight is 345 g/mol. The Morgan fingerprint density at radius 3 is 2.48 bits per heavy atom. The lowest BCUT2D eigenvalue weighted by atomic mass is 10.2. The van der Waals surface area contributed by atoms with Gasteiger partial charge in [0.1, 0.15) is 17.3 Å². The van der Waals surface area contributed by atoms with Gasteiger partial charge < -0.3 is 15.4 Å². The van der Waals surface area contributed by atoms with Crippen LogP contribution in [0, 0.1) is 0 Å². The van der Waals surface area contributed by atoms with E-state index in [1.54, 1.807) is 70.1 Å². The van der Waals surface area contributed by atoms with E-state index in [4.69, 9.17) is 4.74 Å². The van der Waals surface area contributed by atoms with Crippen LogP contribution >= 0.6 is 0 Å². The second-order valence-corrected chi connectivity index (χ2v) is 6.66. The first-order valence-electron chi connectivity index (χ1n) is 7.90. The van der Waals surface area contributed by atoms with E-state index in [1.165, 1.54) is 0 Å². The van der Waals surface area contributed by atoms with Crippen molar-refractivity contribution in [2.24, 2.45) is 7.05 Å². The van der Waals surface area contributed by atoms with Gasteiger partial charge in [-0.3, -0.25) is 14.5 Å². The zero-order valence-corrected chi connectivity index (χ0v) is 15.0. The molecule has 0 radical (unpaired) electrons. The molecule has 0 aromatic carbocycles. The topological polar surface area (TPSA) is 98.1 Å². The number of rotatable bonds is 4. The molecule has 2 amide bonds. The third-order valence-corrected chi connectivity index (χ3v) is 3.17. The van der Waals surface area contributed by atoms with E-state index in [0.717, 1.165) is 5.56 Å². The minimum Gasteiger partial charge on any atom is -0.444 e. The first-order chi connectivity index (χ1) is 11.7. The summed E-state index contributed by atoms with van der Waals surface area (Å²) < 4.78 is 6.76. The van der Waals surface area contributed by atoms with Crippen molar-refractivity contribution in [3.05, 3.63) is 30.7 Å². The molecule has 1 atom stereocenters. The molecule has 0 saturated carbocycles. The van der Waals surface area contributed by atoms with Crippen molar-refractivity contribution < 1.29 is 14.3 Å². The molecule has 2 aromatic rings. The number of hydrogen-bond acceptors (Lipinski definition) is 5. The van der Waals surface area contributed by atoms with E-state index in [0.29, 0.717) is 11.4 Å². The quantitative estimate of drug-likeness (QED) is 0.886. The van der Waals surface area contributed by atoms with Crippen LogP contribution in [0.1, 0.15) is 27.7 Å². The van der Waals surface area contributed by atoms with Crippen LogP contribution in [0.4, 0.5) is 10.5 Å². The maximum atomic E-state index is 12.4. The summed E-state index contributed by atoms with van der Waals surface area (Å²) in [5.41, 5.74) is 1.39. The number of hydrogen-bond donors (Lipinski definition) is 2. The number of aromatic nitrogens is 3. The highest BCUT2D eigenvalue weighted by molar-refractivity contribution is 5.98. The number of alkyl carbamates (subject to hydrolysis) is 1. The van der Waals surface area contributed by atoms with Gasteiger partial charge in [-0.05, 0) is 39.8 Å². The molecule has 2 aromatic heterocycles. The fourth-order valence-electron chi connectivity index (χ4n) is 2.09. The van der Waals surface area contributed by atoms with E-state index in [1.807, 2.05) is 0 Å². The minimum absolute atomic E-state index is 0.367. The number of amides is 2. The Morgan fingerprint density at radius 2 is 1.88 bits per heavy atom. The maximum Gasteiger partial charge on any atom is 0.408 e. The molecule has 0 bridgehead atoms. The standard InChI is InChI=1S/C17H23N5O3/c1-11(19-16(24)25-17(2,3)4)15(23)20-13-10-22(5)21-14(13)12-6-8-18-9-7-12/h6-11H,1-5H3,(H,19,24)(H,20,23)/t11-/m1/s1. The summed E-state index contributed by atoms with van der Waals surface area (Å²) in [7, 11) is 1.77. The van der Waals surface area contributed by atoms with Gasteiger partial charge in [0.25, 0.3) is 0 Å². The molecule has 25 heavy (non-hydrogen) atoms. The summed E-state index contributed by atoms with van der Waals surface area (Å²) in [4.78, 5) is 28.1. The highest BCUT2D eigenvalue weighted by Gasteiger charge is 2.22. The van der Waals surface area contributed by atoms with Crippen molar-refractivity contribution in [1.29, 1.82) is 0 Å². The van der Waals surface area contributed by atoms with Gasteiger partial charge in [0, 0.05) is 31.2 Å². The van der Waals surface area contributed by atoms with Gasteiger partial charge in [-0.2, -0.15) is 5.10 Å². The van der Waals surface area contributed by atoms with Crippen molar-refractivity contribution in [2.75, 3.05) is 5.32 Å². The fraction of sp³-hybridized carbons (Fsp3) is 0.412. The van der Waals surface area contributed by atoms with Gasteiger partial charge in [-0.15, -0.1) is 0 Å². The largest absolute Gasteiger partial charge is 0.444 e. The molecule has 134 valence electrons. The van der Waals surface area contributed by atoms with Crippen LogP contribution in [0.5, 0.6) is 0 Å². The number of ether oxygens (including phenoxy) is 1. The molecule has 0 spiro atoms. The maximum absolute atomic E-state index is 12.4. The summed E-state index contributed by atoms with van der Waals surface area (Å²) in [6, 6.07) is 2.85. The predicted molar refractivity (Wildman–Crippen MR) is 93.9 cm³/mol. The molecule has 8 heteroatoms. The predicted octanol–water partition coefficient (Wildman–Crippen LogP) is 2.33. The van der Waals surface area contributed by atoms with E-state index in [2.05, 4.69) is 20.7 Å². The Kier molecular flexibility index (Phi) is 5.41. The van der Waals surface area contributed by atoms with E-state index < -0.39 is 17.7 Å². The van der Waals surface area contributed by atoms with Gasteiger partial charge in [0.15, 0.2) is 0 Å². The number of anilines is 1. The lowest BCUT2D eigenvalue weighted by Gasteiger charge is -2.21. The van der Waals surface area contributed by atoms with Crippen LogP contribution in [0.25, 0.3) is 11.3 Å². The molecule has 2 rings (SSSR count). The summed E-state index contributed by atoms with van der Waals surface area (Å²) in [5, 5.41) is 9.66. The summed E-state index contributed by atoms with van der Waals surface area (Å²) in [6.45, 7) is 6.86. The number of nitrogens with one attached hydrogen (secondary N) is 2. The molecule has 0 unspecified atom stereocenters. The molecule has 0 fully saturated rings. The van der Waals surface area contributed by atoms with Gasteiger partial charge in [-0.1, -0.05) is 0 Å². The normalized spacial score (nSPS) is 12.4. The fourth-order valence-corrected chi connectivity index (χ4v) is 2.09. The molecule has 0 aliphatic heterocycles. The Hall–Kier alpha value is -2.90. The van der Waals surface area contributed by atoms with Gasteiger partial charge >= 0.3 is 6.09 Å². The molecular weight excluding hydrogens is 322 g/mol. The van der Waals surface area contributed by atoms with Crippen molar-refractivity contribution in [1.82, 2.24) is 20.1 Å². The third kappa shape index (κ3) is 5.30. The molecule has 2 N–H and O–H groups in total. The Labute approximate surface area is 146 Å². The van der Waals surface area contributed by atoms with Crippen molar-refractivity contribution in [3.8, 4) is 11.3 Å². The third-order valence-electron chi connectivity index (χ3n) is 3.17. The second-order valence-electron chi connectivity index (χ2n) is 6.66. The SMILES string of the molecule is C[C@@H](NC(=O)OC(C)(C)C)C(=O)Nc1cn(C)nc1-c1ccncc1. The molecule has 0 aliphatic rings. The van der Waals surface area contributed by atoms with E-state index >= 15 is 0 Å². The summed E-state index contributed by atoms with van der Waals surface area (Å²) in [6.07, 6.45) is 4.37. The van der Waals surface area contributed by atoms with Crippen molar-refractivity contribution in [3.63, 3.8) is 0 Å². The van der Waals surface area contributed by atoms with Crippen LogP contribution in [0.15, 0.2) is 30.7 Å². The first kappa shape index (κ1) is 18.4. The highest BCUT2D eigenvalue weighted by atomic mass is 16.6. The smallest absolute Gasteiger partial charge is 0.408 e. The van der Waals surface area contributed by atoms with Crippen LogP contribution in [-0.4, -0.2) is 38.4 Å². The van der Waals surface area contributed by atoms with Crippen LogP contribution in [-0.2, 0) is 16.6 Å². The second kappa shape index (κ2) is 7.33. The number of pyridine rings is 1. The van der Waals surface area contributed by atoms with Crippen molar-refractivity contribution >= 4 is 17.7 Å². The summed E-state index contributed by atoms with van der Waals surface area (Å²) in [5.74, 6) is -0.367. The lowest BCUT2D eigenvalue weighted by Crippen LogP contribution is -2.44. The highest BCUT2D eigenvalue weighted by Crippen LogP contribution is 2.25. The van der Waals surface area contributed by atoms with Crippen molar-refractivity contribution in [2.45, 2.75) is 39.3 Å². The molecule has 2 heterocycles. The average Bonchev–Trinajstić information content (AvgIpc) is 2.86. The Bertz CT molecular complexity index is 749. The number of carbonyl (C=O) groups excluding carboxylic acids is 2. The van der Waals surface area contributed by atoms with Crippen LogP contribution in [0.3, 0.4) is 0 Å². The minimum atomic E-state index is -0.764. The monoisotopic (exact) mass is 345 g/mol. The number of carbonyl (C=O) groups is 2. The molecule has 0 aliphatic carbocycles. The van der Waals surface area contributed by atoms with Gasteiger partial charge in [-0.25, -0.2) is 4.79 Å². The lowest BCUT2D eigenvalue weighted by molar-refractivity contribution is -0.117. The van der Waals surface area contributed by atoms with E-state index in [9.17, 15) is 9.59 Å². The Morgan fingerprint density at radius 1 is 1.24 bits per heavy atom. The van der Waals surface area contributed by atoms with Gasteiger partial charge in [0.05, 0.1) is 5.69 Å². The number of aryl methyl sites for hydroxylation is 1. The van der Waals surface area contributed by atoms with Crippen LogP contribution < -0.4 is 10.6 Å². The summed E-state index contributed by atoms with van der Waals surface area (Å²) >= 11 is 0. The van der Waals surface area contributed by atoms with Crippen LogP contribution in [0.2, 0.25) is 0 Å². The molecule has 0 saturated heterocycles. The molecule has 8 nitrogen and oxygen atoms in total. The zero-order valence-electron chi connectivity index (χ0n) is 15.0. The first-order valence-corrected chi connectivity index (χ1v) is 7.90. The number of nitrogens with zero attached hydrogens (tertiary/aromatic N) is 3. The van der Waals surface area contributed by atoms with Gasteiger partial charge in [0.2, 0.25) is 5.91 Å². The zero-order chi connectivity index (χ0) is 18.6. The van der Waals surface area contributed by atoms with E-state index in [-0.39, 0.29) is 5.91 Å². The Balaban J connectivity index is 2.07.